The van der Waals surface area contributed by atoms with Crippen molar-refractivity contribution in [3.05, 3.63) is 0 Å². The zero-order valence-electron chi connectivity index (χ0n) is 12.3. The minimum absolute atomic E-state index is 0.0280. The van der Waals surface area contributed by atoms with Gasteiger partial charge in [0.25, 0.3) is 0 Å². The van der Waals surface area contributed by atoms with Gasteiger partial charge in [0.1, 0.15) is 0 Å². The SMILES string of the molecule is COC(C)(C)CC(C)NC(C)CN1CCCC1. The van der Waals surface area contributed by atoms with Gasteiger partial charge in [-0.05, 0) is 60.0 Å². The maximum absolute atomic E-state index is 5.47. The molecule has 2 unspecified atom stereocenters. The highest BCUT2D eigenvalue weighted by Crippen LogP contribution is 2.16. The van der Waals surface area contributed by atoms with Crippen molar-refractivity contribution in [2.75, 3.05) is 26.7 Å². The second-order valence-electron chi connectivity index (χ2n) is 6.14. The minimum Gasteiger partial charge on any atom is -0.379 e. The van der Waals surface area contributed by atoms with Gasteiger partial charge in [-0.1, -0.05) is 0 Å². The molecule has 1 rings (SSSR count). The lowest BCUT2D eigenvalue weighted by molar-refractivity contribution is 0.00757. The van der Waals surface area contributed by atoms with Gasteiger partial charge in [0.2, 0.25) is 0 Å². The van der Waals surface area contributed by atoms with Crippen molar-refractivity contribution < 1.29 is 4.74 Å². The van der Waals surface area contributed by atoms with Gasteiger partial charge in [-0.3, -0.25) is 0 Å². The standard InChI is InChI=1S/C14H30N2O/c1-12(10-14(3,4)17-5)15-13(2)11-16-8-6-7-9-16/h12-13,15H,6-11H2,1-5H3. The third-order valence-electron chi connectivity index (χ3n) is 3.65. The molecule has 1 saturated heterocycles. The Labute approximate surface area is 107 Å². The summed E-state index contributed by atoms with van der Waals surface area (Å²) in [6.07, 6.45) is 3.80. The summed E-state index contributed by atoms with van der Waals surface area (Å²) in [5.74, 6) is 0. The zero-order chi connectivity index (χ0) is 12.9. The quantitative estimate of drug-likeness (QED) is 0.741. The molecule has 0 saturated carbocycles. The molecule has 0 radical (unpaired) electrons. The van der Waals surface area contributed by atoms with E-state index in [0.717, 1.165) is 6.42 Å². The van der Waals surface area contributed by atoms with Crippen molar-refractivity contribution in [1.82, 2.24) is 10.2 Å². The van der Waals surface area contributed by atoms with E-state index in [-0.39, 0.29) is 5.60 Å². The van der Waals surface area contributed by atoms with Gasteiger partial charge in [-0.15, -0.1) is 0 Å². The molecule has 3 heteroatoms. The number of likely N-dealkylation sites (tertiary alicyclic amines) is 1. The molecule has 1 N–H and O–H groups in total. The van der Waals surface area contributed by atoms with E-state index >= 15 is 0 Å². The number of nitrogens with zero attached hydrogens (tertiary/aromatic N) is 1. The fraction of sp³-hybridized carbons (Fsp3) is 1.00. The van der Waals surface area contributed by atoms with Crippen molar-refractivity contribution >= 4 is 0 Å². The van der Waals surface area contributed by atoms with Crippen LogP contribution in [0, 0.1) is 0 Å². The lowest BCUT2D eigenvalue weighted by Crippen LogP contribution is -2.44. The molecule has 0 aliphatic carbocycles. The number of nitrogens with one attached hydrogen (secondary N) is 1. The molecule has 1 fully saturated rings. The molecule has 3 nitrogen and oxygen atoms in total. The average Bonchev–Trinajstić information content (AvgIpc) is 2.69. The van der Waals surface area contributed by atoms with E-state index in [2.05, 4.69) is 37.9 Å². The molecular weight excluding hydrogens is 212 g/mol. The molecule has 1 aliphatic heterocycles. The molecule has 0 aromatic heterocycles. The predicted octanol–water partition coefficient (Wildman–Crippen LogP) is 2.26. The van der Waals surface area contributed by atoms with Gasteiger partial charge in [0.05, 0.1) is 5.60 Å². The van der Waals surface area contributed by atoms with Crippen molar-refractivity contribution in [2.24, 2.45) is 0 Å². The third kappa shape index (κ3) is 5.84. The summed E-state index contributed by atoms with van der Waals surface area (Å²) in [7, 11) is 1.79. The molecule has 0 bridgehead atoms. The predicted molar refractivity (Wildman–Crippen MR) is 73.4 cm³/mol. The van der Waals surface area contributed by atoms with Gasteiger partial charge >= 0.3 is 0 Å². The smallest absolute Gasteiger partial charge is 0.0637 e. The van der Waals surface area contributed by atoms with E-state index in [9.17, 15) is 0 Å². The molecule has 102 valence electrons. The van der Waals surface area contributed by atoms with Crippen LogP contribution in [0.4, 0.5) is 0 Å². The first-order valence-corrected chi connectivity index (χ1v) is 6.96. The monoisotopic (exact) mass is 242 g/mol. The molecule has 0 spiro atoms. The summed E-state index contributed by atoms with van der Waals surface area (Å²) in [6, 6.07) is 1.07. The Balaban J connectivity index is 2.22. The third-order valence-corrected chi connectivity index (χ3v) is 3.65. The fourth-order valence-electron chi connectivity index (χ4n) is 2.77. The van der Waals surface area contributed by atoms with Crippen molar-refractivity contribution in [3.63, 3.8) is 0 Å². The van der Waals surface area contributed by atoms with Gasteiger partial charge in [-0.25, -0.2) is 0 Å². The number of hydrogen-bond donors (Lipinski definition) is 1. The van der Waals surface area contributed by atoms with Gasteiger partial charge < -0.3 is 15.0 Å². The van der Waals surface area contributed by atoms with Crippen LogP contribution >= 0.6 is 0 Å². The second-order valence-corrected chi connectivity index (χ2v) is 6.14. The molecule has 0 aromatic carbocycles. The zero-order valence-corrected chi connectivity index (χ0v) is 12.3. The van der Waals surface area contributed by atoms with Crippen LogP contribution in [0.1, 0.15) is 47.0 Å². The summed E-state index contributed by atoms with van der Waals surface area (Å²) >= 11 is 0. The van der Waals surface area contributed by atoms with E-state index in [1.54, 1.807) is 7.11 Å². The summed E-state index contributed by atoms with van der Waals surface area (Å²) < 4.78 is 5.47. The lowest BCUT2D eigenvalue weighted by atomic mass is 9.99. The highest BCUT2D eigenvalue weighted by molar-refractivity contribution is 4.79. The number of ether oxygens (including phenoxy) is 1. The van der Waals surface area contributed by atoms with E-state index in [1.165, 1.54) is 32.5 Å². The van der Waals surface area contributed by atoms with Crippen molar-refractivity contribution in [3.8, 4) is 0 Å². The number of hydrogen-bond acceptors (Lipinski definition) is 3. The van der Waals surface area contributed by atoms with Gasteiger partial charge in [0.15, 0.2) is 0 Å². The molecular formula is C14H30N2O. The van der Waals surface area contributed by atoms with E-state index in [1.807, 2.05) is 0 Å². The Morgan fingerprint density at radius 3 is 2.29 bits per heavy atom. The Bertz CT molecular complexity index is 212. The van der Waals surface area contributed by atoms with E-state index < -0.39 is 0 Å². The largest absolute Gasteiger partial charge is 0.379 e. The topological polar surface area (TPSA) is 24.5 Å². The van der Waals surface area contributed by atoms with Crippen LogP contribution in [-0.2, 0) is 4.74 Å². The Morgan fingerprint density at radius 1 is 1.18 bits per heavy atom. The Morgan fingerprint density at radius 2 is 1.76 bits per heavy atom. The normalized spacial score (nSPS) is 21.7. The van der Waals surface area contributed by atoms with E-state index in [0.29, 0.717) is 12.1 Å². The lowest BCUT2D eigenvalue weighted by Gasteiger charge is -2.30. The van der Waals surface area contributed by atoms with Crippen LogP contribution in [0.5, 0.6) is 0 Å². The highest BCUT2D eigenvalue weighted by atomic mass is 16.5. The summed E-state index contributed by atoms with van der Waals surface area (Å²) in [5, 5.41) is 3.68. The second kappa shape index (κ2) is 6.72. The molecule has 0 amide bonds. The van der Waals surface area contributed by atoms with Crippen LogP contribution < -0.4 is 5.32 Å². The maximum Gasteiger partial charge on any atom is 0.0637 e. The highest BCUT2D eigenvalue weighted by Gasteiger charge is 2.22. The number of methoxy groups -OCH3 is 1. The van der Waals surface area contributed by atoms with Crippen LogP contribution in [0.3, 0.4) is 0 Å². The van der Waals surface area contributed by atoms with Gasteiger partial charge in [-0.2, -0.15) is 0 Å². The summed E-state index contributed by atoms with van der Waals surface area (Å²) in [4.78, 5) is 2.56. The first-order chi connectivity index (χ1) is 7.93. The summed E-state index contributed by atoms with van der Waals surface area (Å²) in [6.45, 7) is 12.6. The molecule has 0 aromatic rings. The summed E-state index contributed by atoms with van der Waals surface area (Å²) in [5.41, 5.74) is -0.0280. The first kappa shape index (κ1) is 14.9. The van der Waals surface area contributed by atoms with Crippen molar-refractivity contribution in [2.45, 2.75) is 64.6 Å². The average molecular weight is 242 g/mol. The van der Waals surface area contributed by atoms with Crippen molar-refractivity contribution in [1.29, 1.82) is 0 Å². The Hall–Kier alpha value is -0.120. The van der Waals surface area contributed by atoms with Crippen LogP contribution in [0.2, 0.25) is 0 Å². The van der Waals surface area contributed by atoms with E-state index in [4.69, 9.17) is 4.74 Å². The molecule has 17 heavy (non-hydrogen) atoms. The Kier molecular flexibility index (Phi) is 5.90. The first-order valence-electron chi connectivity index (χ1n) is 6.96. The van der Waals surface area contributed by atoms with Crippen LogP contribution in [0.25, 0.3) is 0 Å². The van der Waals surface area contributed by atoms with Gasteiger partial charge in [0, 0.05) is 25.7 Å². The van der Waals surface area contributed by atoms with Crippen LogP contribution in [0.15, 0.2) is 0 Å². The molecule has 1 aliphatic rings. The van der Waals surface area contributed by atoms with Crippen LogP contribution in [-0.4, -0.2) is 49.3 Å². The molecule has 1 heterocycles. The minimum atomic E-state index is -0.0280. The number of rotatable bonds is 7. The molecule has 2 atom stereocenters. The fourth-order valence-corrected chi connectivity index (χ4v) is 2.77. The maximum atomic E-state index is 5.47.